The van der Waals surface area contributed by atoms with Crippen LogP contribution in [0.15, 0.2) is 75.4 Å². The Morgan fingerprint density at radius 1 is 1.03 bits per heavy atom. The van der Waals surface area contributed by atoms with Crippen LogP contribution in [0.25, 0.3) is 6.08 Å². The molecule has 0 radical (unpaired) electrons. The number of hydrogen-bond donors (Lipinski definition) is 0. The summed E-state index contributed by atoms with van der Waals surface area (Å²) >= 11 is 14.0. The number of nitrogens with zero attached hydrogens (tertiary/aromatic N) is 2. The molecule has 2 amide bonds. The number of aryl methyl sites for hydroxylation is 1. The van der Waals surface area contributed by atoms with Gasteiger partial charge in [-0.05, 0) is 66.2 Å². The second-order valence-electron chi connectivity index (χ2n) is 7.42. The van der Waals surface area contributed by atoms with E-state index in [-0.39, 0.29) is 17.1 Å². The number of benzene rings is 3. The van der Waals surface area contributed by atoms with Crippen LogP contribution in [-0.2, 0) is 11.3 Å². The summed E-state index contributed by atoms with van der Waals surface area (Å²) in [7, 11) is 0. The number of hydrogen-bond acceptors (Lipinski definition) is 6. The Kier molecular flexibility index (Phi) is 7.33. The number of nitro benzene ring substituents is 1. The number of imide groups is 1. The molecule has 0 atom stereocenters. The van der Waals surface area contributed by atoms with Crippen molar-refractivity contribution in [1.82, 2.24) is 4.90 Å². The van der Waals surface area contributed by atoms with Gasteiger partial charge in [-0.3, -0.25) is 24.6 Å². The van der Waals surface area contributed by atoms with Crippen LogP contribution in [-0.4, -0.2) is 21.0 Å². The molecule has 3 aromatic carbocycles. The van der Waals surface area contributed by atoms with Crippen molar-refractivity contribution >= 4 is 69.6 Å². The predicted octanol–water partition coefficient (Wildman–Crippen LogP) is 7.60. The van der Waals surface area contributed by atoms with Gasteiger partial charge in [-0.25, -0.2) is 0 Å². The molecule has 10 heteroatoms. The molecule has 4 rings (SSSR count). The maximum Gasteiger partial charge on any atom is 0.293 e. The second kappa shape index (κ2) is 10.2. The van der Waals surface area contributed by atoms with Crippen LogP contribution in [0, 0.1) is 17.0 Å². The number of carbonyl (C=O) groups excluding carboxylic acids is 2. The van der Waals surface area contributed by atoms with Crippen molar-refractivity contribution in [1.29, 1.82) is 0 Å². The minimum absolute atomic E-state index is 0.0468. The molecule has 1 aliphatic rings. The molecule has 1 fully saturated rings. The molecule has 3 aromatic rings. The Labute approximate surface area is 214 Å². The number of nitro groups is 1. The number of rotatable bonds is 6. The molecule has 1 aliphatic heterocycles. The van der Waals surface area contributed by atoms with Crippen molar-refractivity contribution in [3.8, 4) is 0 Å². The molecule has 1 heterocycles. The van der Waals surface area contributed by atoms with Gasteiger partial charge in [0.15, 0.2) is 0 Å². The van der Waals surface area contributed by atoms with Crippen LogP contribution in [0.3, 0.4) is 0 Å². The van der Waals surface area contributed by atoms with E-state index in [1.807, 2.05) is 31.2 Å². The van der Waals surface area contributed by atoms with E-state index in [1.54, 1.807) is 30.3 Å². The fourth-order valence-electron chi connectivity index (χ4n) is 3.19. The highest BCUT2D eigenvalue weighted by Crippen LogP contribution is 2.38. The third-order valence-corrected chi connectivity index (χ3v) is 7.64. The lowest BCUT2D eigenvalue weighted by Crippen LogP contribution is -2.27. The Hall–Kier alpha value is -2.78. The van der Waals surface area contributed by atoms with Gasteiger partial charge in [-0.1, -0.05) is 64.8 Å². The first-order valence-corrected chi connectivity index (χ1v) is 12.3. The van der Waals surface area contributed by atoms with E-state index in [0.29, 0.717) is 26.1 Å². The Bertz CT molecular complexity index is 1340. The van der Waals surface area contributed by atoms with Crippen LogP contribution in [0.2, 0.25) is 10.0 Å². The molecule has 172 valence electrons. The van der Waals surface area contributed by atoms with Crippen molar-refractivity contribution in [3.63, 3.8) is 0 Å². The summed E-state index contributed by atoms with van der Waals surface area (Å²) in [5, 5.41) is 12.0. The van der Waals surface area contributed by atoms with Gasteiger partial charge < -0.3 is 0 Å². The zero-order chi connectivity index (χ0) is 24.4. The van der Waals surface area contributed by atoms with Crippen LogP contribution in [0.1, 0.15) is 16.7 Å². The van der Waals surface area contributed by atoms with Gasteiger partial charge in [0.05, 0.1) is 31.3 Å². The third kappa shape index (κ3) is 5.47. The van der Waals surface area contributed by atoms with Gasteiger partial charge in [0.2, 0.25) is 0 Å². The SMILES string of the molecule is Cc1ccc(Sc2ccc(/C=C3\SC(=O)N(Cc4ccc(Cl)c(Cl)c4)C3=O)cc2[N+](=O)[O-])cc1. The molecule has 0 bridgehead atoms. The monoisotopic (exact) mass is 530 g/mol. The Morgan fingerprint density at radius 2 is 1.76 bits per heavy atom. The minimum atomic E-state index is -0.471. The lowest BCUT2D eigenvalue weighted by Gasteiger charge is -2.12. The van der Waals surface area contributed by atoms with Gasteiger partial charge in [-0.2, -0.15) is 0 Å². The van der Waals surface area contributed by atoms with Crippen molar-refractivity contribution in [2.24, 2.45) is 0 Å². The number of amides is 2. The summed E-state index contributed by atoms with van der Waals surface area (Å²) in [5.41, 5.74) is 2.14. The first-order valence-electron chi connectivity index (χ1n) is 9.93. The first-order chi connectivity index (χ1) is 16.2. The number of carbonyl (C=O) groups is 2. The number of halogens is 2. The molecule has 0 aliphatic carbocycles. The second-order valence-corrected chi connectivity index (χ2v) is 10.3. The standard InChI is InChI=1S/C24H16Cl2N2O4S2/c1-14-2-6-17(7-3-14)33-21-9-5-15(11-20(21)28(31)32)12-22-23(29)27(24(30)34-22)13-16-4-8-18(25)19(26)10-16/h2-12H,13H2,1H3/b22-12-. The van der Waals surface area contributed by atoms with Crippen LogP contribution < -0.4 is 0 Å². The lowest BCUT2D eigenvalue weighted by atomic mass is 10.1. The van der Waals surface area contributed by atoms with Gasteiger partial charge >= 0.3 is 0 Å². The highest BCUT2D eigenvalue weighted by molar-refractivity contribution is 8.18. The van der Waals surface area contributed by atoms with E-state index >= 15 is 0 Å². The molecule has 0 N–H and O–H groups in total. The van der Waals surface area contributed by atoms with E-state index in [4.69, 9.17) is 23.2 Å². The summed E-state index contributed by atoms with van der Waals surface area (Å²) in [6, 6.07) is 17.3. The van der Waals surface area contributed by atoms with E-state index in [2.05, 4.69) is 0 Å². The number of thioether (sulfide) groups is 1. The molecule has 0 unspecified atom stereocenters. The minimum Gasteiger partial charge on any atom is -0.268 e. The van der Waals surface area contributed by atoms with Crippen molar-refractivity contribution in [3.05, 3.63) is 102 Å². The largest absolute Gasteiger partial charge is 0.293 e. The Balaban J connectivity index is 1.56. The van der Waals surface area contributed by atoms with E-state index in [1.165, 1.54) is 23.9 Å². The van der Waals surface area contributed by atoms with Crippen LogP contribution in [0.5, 0.6) is 0 Å². The third-order valence-electron chi connectivity index (χ3n) is 4.92. The van der Waals surface area contributed by atoms with E-state index in [9.17, 15) is 19.7 Å². The van der Waals surface area contributed by atoms with Gasteiger partial charge in [0, 0.05) is 11.0 Å². The zero-order valence-electron chi connectivity index (χ0n) is 17.7. The summed E-state index contributed by atoms with van der Waals surface area (Å²) in [4.78, 5) is 39.2. The highest BCUT2D eigenvalue weighted by Gasteiger charge is 2.35. The normalized spacial score (nSPS) is 14.8. The fourth-order valence-corrected chi connectivity index (χ4v) is 5.25. The smallest absolute Gasteiger partial charge is 0.268 e. The summed E-state index contributed by atoms with van der Waals surface area (Å²) < 4.78 is 0. The fraction of sp³-hybridized carbons (Fsp3) is 0.0833. The summed E-state index contributed by atoms with van der Waals surface area (Å²) in [6.07, 6.45) is 1.49. The molecule has 6 nitrogen and oxygen atoms in total. The van der Waals surface area contributed by atoms with Gasteiger partial charge in [0.1, 0.15) is 0 Å². The molecular weight excluding hydrogens is 515 g/mol. The quantitative estimate of drug-likeness (QED) is 0.185. The molecule has 0 spiro atoms. The summed E-state index contributed by atoms with van der Waals surface area (Å²) in [6.45, 7) is 2.02. The highest BCUT2D eigenvalue weighted by atomic mass is 35.5. The molecular formula is C24H16Cl2N2O4S2. The summed E-state index contributed by atoms with van der Waals surface area (Å²) in [5.74, 6) is -0.471. The van der Waals surface area contributed by atoms with E-state index in [0.717, 1.165) is 27.1 Å². The van der Waals surface area contributed by atoms with Crippen LogP contribution in [0.4, 0.5) is 10.5 Å². The van der Waals surface area contributed by atoms with Gasteiger partial charge in [0.25, 0.3) is 16.8 Å². The maximum atomic E-state index is 12.8. The predicted molar refractivity (Wildman–Crippen MR) is 136 cm³/mol. The topological polar surface area (TPSA) is 80.5 Å². The average Bonchev–Trinajstić information content (AvgIpc) is 3.06. The maximum absolute atomic E-state index is 12.8. The van der Waals surface area contributed by atoms with E-state index < -0.39 is 16.1 Å². The lowest BCUT2D eigenvalue weighted by molar-refractivity contribution is -0.387. The van der Waals surface area contributed by atoms with Crippen LogP contribution >= 0.6 is 46.7 Å². The van der Waals surface area contributed by atoms with Crippen molar-refractivity contribution in [2.45, 2.75) is 23.3 Å². The molecule has 34 heavy (non-hydrogen) atoms. The molecule has 0 saturated carbocycles. The van der Waals surface area contributed by atoms with Crippen molar-refractivity contribution in [2.75, 3.05) is 0 Å². The van der Waals surface area contributed by atoms with Gasteiger partial charge in [-0.15, -0.1) is 0 Å². The molecule has 1 saturated heterocycles. The first kappa shape index (κ1) is 24.3. The Morgan fingerprint density at radius 3 is 2.44 bits per heavy atom. The zero-order valence-corrected chi connectivity index (χ0v) is 20.8. The van der Waals surface area contributed by atoms with Crippen molar-refractivity contribution < 1.29 is 14.5 Å². The average molecular weight is 531 g/mol. The molecule has 0 aromatic heterocycles.